The van der Waals surface area contributed by atoms with Crippen LogP contribution in [0.3, 0.4) is 0 Å². The maximum absolute atomic E-state index is 13.5. The van der Waals surface area contributed by atoms with E-state index in [0.717, 1.165) is 28.0 Å². The van der Waals surface area contributed by atoms with Gasteiger partial charge in [-0.3, -0.25) is 14.4 Å². The van der Waals surface area contributed by atoms with Gasteiger partial charge in [0.15, 0.2) is 0 Å². The SMILES string of the molecule is CCOc1ccc(C[C@@H](NC(=O)CC)C(=O)N[C@@H](Cc2ccccc2)C(=O)NCc2ccc(CN)cc2)cc1. The third-order valence-electron chi connectivity index (χ3n) is 6.29. The number of ether oxygens (including phenoxy) is 1. The number of carbonyl (C=O) groups is 3. The molecule has 3 amide bonds. The van der Waals surface area contributed by atoms with Crippen molar-refractivity contribution in [1.82, 2.24) is 16.0 Å². The van der Waals surface area contributed by atoms with Gasteiger partial charge in [-0.25, -0.2) is 0 Å². The average molecular weight is 531 g/mol. The molecule has 206 valence electrons. The highest BCUT2D eigenvalue weighted by Gasteiger charge is 2.27. The summed E-state index contributed by atoms with van der Waals surface area (Å²) in [5.41, 5.74) is 9.37. The highest BCUT2D eigenvalue weighted by Crippen LogP contribution is 2.14. The van der Waals surface area contributed by atoms with Crippen LogP contribution in [0.1, 0.15) is 42.5 Å². The molecular formula is C31H38N4O4. The summed E-state index contributed by atoms with van der Waals surface area (Å²) < 4.78 is 5.50. The lowest BCUT2D eigenvalue weighted by molar-refractivity contribution is -0.132. The van der Waals surface area contributed by atoms with Gasteiger partial charge in [0.05, 0.1) is 6.61 Å². The molecule has 8 heteroatoms. The molecule has 0 spiro atoms. The first-order valence-electron chi connectivity index (χ1n) is 13.3. The van der Waals surface area contributed by atoms with Crippen molar-refractivity contribution in [3.8, 4) is 5.75 Å². The summed E-state index contributed by atoms with van der Waals surface area (Å²) in [6, 6.07) is 22.9. The normalized spacial score (nSPS) is 12.2. The number of rotatable bonds is 14. The summed E-state index contributed by atoms with van der Waals surface area (Å²) in [7, 11) is 0. The molecule has 0 aliphatic rings. The van der Waals surface area contributed by atoms with Gasteiger partial charge in [-0.05, 0) is 41.3 Å². The van der Waals surface area contributed by atoms with Gasteiger partial charge in [-0.1, -0.05) is 73.7 Å². The molecule has 0 radical (unpaired) electrons. The molecular weight excluding hydrogens is 492 g/mol. The lowest BCUT2D eigenvalue weighted by Gasteiger charge is -2.23. The molecule has 0 aliphatic carbocycles. The van der Waals surface area contributed by atoms with Crippen molar-refractivity contribution in [3.05, 3.63) is 101 Å². The zero-order valence-electron chi connectivity index (χ0n) is 22.6. The van der Waals surface area contributed by atoms with Crippen LogP contribution in [0.15, 0.2) is 78.9 Å². The van der Waals surface area contributed by atoms with E-state index in [1.807, 2.05) is 85.8 Å². The van der Waals surface area contributed by atoms with Crippen LogP contribution >= 0.6 is 0 Å². The Kier molecular flexibility index (Phi) is 11.5. The zero-order chi connectivity index (χ0) is 28.0. The van der Waals surface area contributed by atoms with E-state index in [2.05, 4.69) is 16.0 Å². The molecule has 0 aromatic heterocycles. The molecule has 0 unspecified atom stereocenters. The third kappa shape index (κ3) is 9.57. The van der Waals surface area contributed by atoms with Crippen LogP contribution in [-0.4, -0.2) is 36.4 Å². The van der Waals surface area contributed by atoms with Crippen LogP contribution in [0.2, 0.25) is 0 Å². The molecule has 3 aromatic carbocycles. The fourth-order valence-electron chi connectivity index (χ4n) is 4.07. The van der Waals surface area contributed by atoms with Crippen LogP contribution in [0.4, 0.5) is 0 Å². The Morgan fingerprint density at radius 3 is 1.87 bits per heavy atom. The summed E-state index contributed by atoms with van der Waals surface area (Å²) >= 11 is 0. The first kappa shape index (κ1) is 29.4. The quantitative estimate of drug-likeness (QED) is 0.255. The number of amides is 3. The monoisotopic (exact) mass is 530 g/mol. The smallest absolute Gasteiger partial charge is 0.243 e. The minimum atomic E-state index is -0.842. The molecule has 0 heterocycles. The lowest BCUT2D eigenvalue weighted by Crippen LogP contribution is -2.55. The first-order valence-corrected chi connectivity index (χ1v) is 13.3. The summed E-state index contributed by atoms with van der Waals surface area (Å²) in [5.74, 6) is -0.242. The molecule has 8 nitrogen and oxygen atoms in total. The highest BCUT2D eigenvalue weighted by molar-refractivity contribution is 5.92. The van der Waals surface area contributed by atoms with Gasteiger partial charge in [-0.15, -0.1) is 0 Å². The largest absolute Gasteiger partial charge is 0.494 e. The van der Waals surface area contributed by atoms with E-state index in [1.165, 1.54) is 0 Å². The Labute approximate surface area is 230 Å². The Bertz CT molecular complexity index is 1200. The van der Waals surface area contributed by atoms with Gasteiger partial charge in [0.25, 0.3) is 0 Å². The molecule has 0 bridgehead atoms. The molecule has 0 saturated heterocycles. The number of hydrogen-bond donors (Lipinski definition) is 4. The second kappa shape index (κ2) is 15.3. The summed E-state index contributed by atoms with van der Waals surface area (Å²) in [5, 5.41) is 8.64. The van der Waals surface area contributed by atoms with Gasteiger partial charge in [0, 0.05) is 32.4 Å². The predicted octanol–water partition coefficient (Wildman–Crippen LogP) is 3.03. The number of benzene rings is 3. The fourth-order valence-corrected chi connectivity index (χ4v) is 4.07. The third-order valence-corrected chi connectivity index (χ3v) is 6.29. The second-order valence-electron chi connectivity index (χ2n) is 9.24. The van der Waals surface area contributed by atoms with Crippen molar-refractivity contribution in [2.24, 2.45) is 5.73 Å². The van der Waals surface area contributed by atoms with Crippen LogP contribution < -0.4 is 26.4 Å². The molecule has 39 heavy (non-hydrogen) atoms. The van der Waals surface area contributed by atoms with Crippen LogP contribution in [0.25, 0.3) is 0 Å². The first-order chi connectivity index (χ1) is 18.9. The van der Waals surface area contributed by atoms with Gasteiger partial charge in [0.1, 0.15) is 17.8 Å². The number of carbonyl (C=O) groups excluding carboxylic acids is 3. The lowest BCUT2D eigenvalue weighted by atomic mass is 10.0. The van der Waals surface area contributed by atoms with E-state index < -0.39 is 18.0 Å². The van der Waals surface area contributed by atoms with E-state index in [4.69, 9.17) is 10.5 Å². The minimum absolute atomic E-state index is 0.240. The summed E-state index contributed by atoms with van der Waals surface area (Å²) in [6.07, 6.45) is 0.823. The molecule has 3 aromatic rings. The van der Waals surface area contributed by atoms with Crippen LogP contribution in [0, 0.1) is 0 Å². The van der Waals surface area contributed by atoms with Gasteiger partial charge in [-0.2, -0.15) is 0 Å². The maximum Gasteiger partial charge on any atom is 0.243 e. The predicted molar refractivity (Wildman–Crippen MR) is 152 cm³/mol. The Morgan fingerprint density at radius 1 is 0.718 bits per heavy atom. The molecule has 2 atom stereocenters. The standard InChI is InChI=1S/C31H38N4O4/c1-3-29(36)34-28(19-23-14-16-26(17-15-23)39-4-2)31(38)35-27(18-22-8-6-5-7-9-22)30(37)33-21-25-12-10-24(20-32)11-13-25/h5-17,27-28H,3-4,18-21,32H2,1-2H3,(H,33,37)(H,34,36)(H,35,38)/t27-,28+/m0/s1. The van der Waals surface area contributed by atoms with E-state index in [0.29, 0.717) is 26.1 Å². The van der Waals surface area contributed by atoms with E-state index >= 15 is 0 Å². The van der Waals surface area contributed by atoms with E-state index in [9.17, 15) is 14.4 Å². The van der Waals surface area contributed by atoms with Crippen LogP contribution in [0.5, 0.6) is 5.75 Å². The van der Waals surface area contributed by atoms with Crippen molar-refractivity contribution >= 4 is 17.7 Å². The zero-order valence-corrected chi connectivity index (χ0v) is 22.6. The van der Waals surface area contributed by atoms with Gasteiger partial charge in [0.2, 0.25) is 17.7 Å². The highest BCUT2D eigenvalue weighted by atomic mass is 16.5. The summed E-state index contributed by atoms with van der Waals surface area (Å²) in [6.45, 7) is 4.96. The Balaban J connectivity index is 1.75. The van der Waals surface area contributed by atoms with Gasteiger partial charge < -0.3 is 26.4 Å². The minimum Gasteiger partial charge on any atom is -0.494 e. The van der Waals surface area contributed by atoms with Crippen molar-refractivity contribution in [3.63, 3.8) is 0 Å². The number of nitrogens with two attached hydrogens (primary N) is 1. The average Bonchev–Trinajstić information content (AvgIpc) is 2.97. The number of hydrogen-bond acceptors (Lipinski definition) is 5. The van der Waals surface area contributed by atoms with Crippen molar-refractivity contribution in [2.45, 2.75) is 58.3 Å². The number of nitrogens with one attached hydrogen (secondary N) is 3. The maximum atomic E-state index is 13.5. The van der Waals surface area contributed by atoms with Crippen LogP contribution in [-0.2, 0) is 40.3 Å². The summed E-state index contributed by atoms with van der Waals surface area (Å²) in [4.78, 5) is 39.0. The second-order valence-corrected chi connectivity index (χ2v) is 9.24. The van der Waals surface area contributed by atoms with Crippen molar-refractivity contribution < 1.29 is 19.1 Å². The molecule has 3 rings (SSSR count). The van der Waals surface area contributed by atoms with Crippen molar-refractivity contribution in [2.75, 3.05) is 6.61 Å². The van der Waals surface area contributed by atoms with E-state index in [1.54, 1.807) is 6.92 Å². The molecule has 0 aliphatic heterocycles. The topological polar surface area (TPSA) is 123 Å². The Morgan fingerprint density at radius 2 is 1.28 bits per heavy atom. The van der Waals surface area contributed by atoms with Crippen molar-refractivity contribution in [1.29, 1.82) is 0 Å². The molecule has 0 saturated carbocycles. The molecule has 5 N–H and O–H groups in total. The Hall–Kier alpha value is -4.17. The fraction of sp³-hybridized carbons (Fsp3) is 0.323. The molecule has 0 fully saturated rings. The van der Waals surface area contributed by atoms with E-state index in [-0.39, 0.29) is 24.7 Å². The van der Waals surface area contributed by atoms with Gasteiger partial charge >= 0.3 is 0 Å².